The van der Waals surface area contributed by atoms with Gasteiger partial charge in [-0.3, -0.25) is 0 Å². The van der Waals surface area contributed by atoms with Gasteiger partial charge in [0.05, 0.1) is 12.6 Å². The van der Waals surface area contributed by atoms with E-state index < -0.39 is 0 Å². The van der Waals surface area contributed by atoms with E-state index in [0.29, 0.717) is 24.0 Å². The topological polar surface area (TPSA) is 87.6 Å². The summed E-state index contributed by atoms with van der Waals surface area (Å²) in [6.07, 6.45) is 1.69. The van der Waals surface area contributed by atoms with Crippen molar-refractivity contribution in [3.05, 3.63) is 65.8 Å². The molecule has 0 amide bonds. The smallest absolute Gasteiger partial charge is 0.218 e. The molecule has 8 nitrogen and oxygen atoms in total. The van der Waals surface area contributed by atoms with E-state index in [1.807, 2.05) is 43.3 Å². The van der Waals surface area contributed by atoms with Crippen molar-refractivity contribution in [2.75, 3.05) is 7.11 Å². The summed E-state index contributed by atoms with van der Waals surface area (Å²) < 4.78 is 19.6. The molecule has 0 aliphatic heterocycles. The van der Waals surface area contributed by atoms with Crippen LogP contribution in [0.2, 0.25) is 0 Å². The van der Waals surface area contributed by atoms with Crippen LogP contribution < -0.4 is 9.47 Å². The molecule has 1 aromatic carbocycles. The number of thiophene rings is 1. The van der Waals surface area contributed by atoms with E-state index in [2.05, 4.69) is 28.1 Å². The lowest BCUT2D eigenvalue weighted by Crippen LogP contribution is -1.93. The number of benzene rings is 1. The average Bonchev–Trinajstić information content (AvgIpc) is 3.53. The highest BCUT2D eigenvalue weighted by Gasteiger charge is 2.18. The Morgan fingerprint density at radius 2 is 1.85 bits per heavy atom. The molecule has 0 aliphatic carbocycles. The van der Waals surface area contributed by atoms with Gasteiger partial charge in [0.25, 0.3) is 0 Å². The molecule has 0 N–H and O–H groups in total. The van der Waals surface area contributed by atoms with E-state index in [1.165, 1.54) is 0 Å². The maximum absolute atomic E-state index is 5.95. The van der Waals surface area contributed by atoms with Gasteiger partial charge in [-0.25, -0.2) is 19.5 Å². The second kappa shape index (κ2) is 7.56. The highest BCUT2D eigenvalue weighted by Crippen LogP contribution is 2.36. The maximum atomic E-state index is 5.95. The number of furan rings is 1. The van der Waals surface area contributed by atoms with Crippen molar-refractivity contribution in [1.82, 2.24) is 24.6 Å². The minimum atomic E-state index is 0.298. The van der Waals surface area contributed by atoms with Gasteiger partial charge in [-0.2, -0.15) is 0 Å². The molecule has 33 heavy (non-hydrogen) atoms. The largest absolute Gasteiger partial charge is 0.497 e. The Bertz CT molecular complexity index is 1630. The van der Waals surface area contributed by atoms with Crippen LogP contribution in [0.15, 0.2) is 53.2 Å². The zero-order valence-electron chi connectivity index (χ0n) is 18.2. The molecule has 6 rings (SSSR count). The molecule has 0 radical (unpaired) electrons. The summed E-state index contributed by atoms with van der Waals surface area (Å²) >= 11 is 1.59. The second-order valence-corrected chi connectivity index (χ2v) is 8.72. The monoisotopic (exact) mass is 457 g/mol. The molecule has 5 heterocycles. The molecule has 0 unspecified atom stereocenters. The summed E-state index contributed by atoms with van der Waals surface area (Å²) in [7, 11) is 1.63. The fourth-order valence-electron chi connectivity index (χ4n) is 3.88. The predicted octanol–water partition coefficient (Wildman–Crippen LogP) is 5.35. The number of aryl methyl sites for hydroxylation is 2. The summed E-state index contributed by atoms with van der Waals surface area (Å²) in [6.45, 7) is 4.39. The van der Waals surface area contributed by atoms with Crippen molar-refractivity contribution in [2.24, 2.45) is 0 Å². The number of ether oxygens (including phenoxy) is 2. The van der Waals surface area contributed by atoms with Gasteiger partial charge >= 0.3 is 0 Å². The number of pyridine rings is 1. The molecule has 9 heteroatoms. The Labute approximate surface area is 192 Å². The molecule has 0 saturated carbocycles. The summed E-state index contributed by atoms with van der Waals surface area (Å²) in [4.78, 5) is 15.0. The van der Waals surface area contributed by atoms with Crippen LogP contribution in [0, 0.1) is 13.8 Å². The molecule has 0 saturated heterocycles. The maximum Gasteiger partial charge on any atom is 0.218 e. The quantitative estimate of drug-likeness (QED) is 0.345. The van der Waals surface area contributed by atoms with Gasteiger partial charge in [-0.1, -0.05) is 0 Å². The van der Waals surface area contributed by atoms with Gasteiger partial charge in [0, 0.05) is 11.1 Å². The molecular weight excluding hydrogens is 438 g/mol. The van der Waals surface area contributed by atoms with Gasteiger partial charge in [0.1, 0.15) is 39.7 Å². The summed E-state index contributed by atoms with van der Waals surface area (Å²) in [5.74, 6) is 3.27. The molecule has 6 aromatic rings. The van der Waals surface area contributed by atoms with Gasteiger partial charge in [-0.05, 0) is 61.9 Å². The third-order valence-electron chi connectivity index (χ3n) is 5.42. The molecule has 5 aromatic heterocycles. The number of hydrogen-bond acceptors (Lipinski definition) is 8. The molecule has 164 valence electrons. The van der Waals surface area contributed by atoms with Gasteiger partial charge in [-0.15, -0.1) is 16.4 Å². The Balaban J connectivity index is 1.32. The molecular formula is C24H19N5O3S. The van der Waals surface area contributed by atoms with E-state index >= 15 is 0 Å². The number of methoxy groups -OCH3 is 1. The van der Waals surface area contributed by atoms with E-state index in [4.69, 9.17) is 18.9 Å². The third-order valence-corrected chi connectivity index (χ3v) is 6.48. The fraction of sp³-hybridized carbons (Fsp3) is 0.167. The highest BCUT2D eigenvalue weighted by molar-refractivity contribution is 7.26. The van der Waals surface area contributed by atoms with E-state index in [-0.39, 0.29) is 0 Å². The Morgan fingerprint density at radius 3 is 2.67 bits per heavy atom. The van der Waals surface area contributed by atoms with E-state index in [0.717, 1.165) is 48.8 Å². The van der Waals surface area contributed by atoms with Crippen LogP contribution in [0.4, 0.5) is 0 Å². The van der Waals surface area contributed by atoms with Crippen LogP contribution in [0.1, 0.15) is 17.0 Å². The van der Waals surface area contributed by atoms with Crippen molar-refractivity contribution in [3.63, 3.8) is 0 Å². The fourth-order valence-corrected chi connectivity index (χ4v) is 5.10. The normalized spacial score (nSPS) is 11.6. The lowest BCUT2D eigenvalue weighted by Gasteiger charge is -2.05. The molecule has 0 bridgehead atoms. The molecule has 0 fully saturated rings. The van der Waals surface area contributed by atoms with Crippen LogP contribution in [-0.2, 0) is 6.61 Å². The number of nitrogens with zero attached hydrogens (tertiary/aromatic N) is 5. The van der Waals surface area contributed by atoms with Crippen LogP contribution in [0.5, 0.6) is 11.5 Å². The van der Waals surface area contributed by atoms with Crippen LogP contribution in [-0.4, -0.2) is 31.7 Å². The first-order valence-electron chi connectivity index (χ1n) is 10.4. The first kappa shape index (κ1) is 19.7. The number of hydrogen-bond donors (Lipinski definition) is 0. The lowest BCUT2D eigenvalue weighted by molar-refractivity contribution is 0.271. The second-order valence-electron chi connectivity index (χ2n) is 7.72. The average molecular weight is 458 g/mol. The van der Waals surface area contributed by atoms with Crippen LogP contribution in [0.25, 0.3) is 37.7 Å². The third kappa shape index (κ3) is 3.37. The van der Waals surface area contributed by atoms with E-state index in [1.54, 1.807) is 29.3 Å². The van der Waals surface area contributed by atoms with Gasteiger partial charge < -0.3 is 13.9 Å². The zero-order valence-corrected chi connectivity index (χ0v) is 19.0. The van der Waals surface area contributed by atoms with Crippen LogP contribution in [0.3, 0.4) is 0 Å². The first-order valence-corrected chi connectivity index (χ1v) is 11.2. The molecule has 0 spiro atoms. The standard InChI is InChI=1S/C24H19N5O3S/c1-13-10-14(2)26-24-19(13)20-21(33-24)23-27-22(28-29(23)12-25-20)18-9-8-17(32-18)11-31-16-6-4-15(30-3)5-7-16/h4-10,12H,11H2,1-3H3. The summed E-state index contributed by atoms with van der Waals surface area (Å²) in [6, 6.07) is 13.2. The minimum Gasteiger partial charge on any atom is -0.497 e. The number of rotatable bonds is 5. The highest BCUT2D eigenvalue weighted by atomic mass is 32.1. The summed E-state index contributed by atoms with van der Waals surface area (Å²) in [5, 5.41) is 5.65. The van der Waals surface area contributed by atoms with Crippen molar-refractivity contribution >= 4 is 37.4 Å². The Hall–Kier alpha value is -3.98. The molecule has 0 aliphatic rings. The SMILES string of the molecule is COc1ccc(OCc2ccc(-c3nc4c5sc6nc(C)cc(C)c6c5ncn4n3)o2)cc1. The van der Waals surface area contributed by atoms with Crippen molar-refractivity contribution in [1.29, 1.82) is 0 Å². The molecule has 0 atom stereocenters. The lowest BCUT2D eigenvalue weighted by atomic mass is 10.1. The predicted molar refractivity (Wildman–Crippen MR) is 126 cm³/mol. The van der Waals surface area contributed by atoms with Crippen molar-refractivity contribution < 1.29 is 13.9 Å². The summed E-state index contributed by atoms with van der Waals surface area (Å²) in [5.41, 5.74) is 3.79. The Morgan fingerprint density at radius 1 is 1.03 bits per heavy atom. The first-order chi connectivity index (χ1) is 16.1. The van der Waals surface area contributed by atoms with E-state index in [9.17, 15) is 0 Å². The van der Waals surface area contributed by atoms with Crippen molar-refractivity contribution in [3.8, 4) is 23.1 Å². The Kier molecular flexibility index (Phi) is 4.51. The number of aromatic nitrogens is 5. The van der Waals surface area contributed by atoms with Gasteiger partial charge in [0.2, 0.25) is 5.82 Å². The zero-order chi connectivity index (χ0) is 22.5. The van der Waals surface area contributed by atoms with Crippen LogP contribution >= 0.6 is 11.3 Å². The minimum absolute atomic E-state index is 0.298. The number of fused-ring (bicyclic) bond motifs is 5. The van der Waals surface area contributed by atoms with Crippen molar-refractivity contribution in [2.45, 2.75) is 20.5 Å². The van der Waals surface area contributed by atoms with Gasteiger partial charge in [0.15, 0.2) is 11.4 Å².